The van der Waals surface area contributed by atoms with E-state index in [4.69, 9.17) is 0 Å². The lowest BCUT2D eigenvalue weighted by atomic mass is 10.1. The zero-order valence-electron chi connectivity index (χ0n) is 13.7. The first-order valence-corrected chi connectivity index (χ1v) is 8.39. The molecule has 5 nitrogen and oxygen atoms in total. The van der Waals surface area contributed by atoms with Crippen molar-refractivity contribution in [3.05, 3.63) is 83.2 Å². The van der Waals surface area contributed by atoms with E-state index in [1.165, 1.54) is 0 Å². The first-order valence-electron chi connectivity index (χ1n) is 8.39. The van der Waals surface area contributed by atoms with Gasteiger partial charge in [0.2, 0.25) is 0 Å². The molecule has 1 unspecified atom stereocenters. The number of hydrogen-bond donors (Lipinski definition) is 2. The van der Waals surface area contributed by atoms with Gasteiger partial charge in [-0.05, 0) is 53.8 Å². The smallest absolute Gasteiger partial charge is 0.251 e. The molecular weight excluding hydrogens is 314 g/mol. The van der Waals surface area contributed by atoms with E-state index in [1.807, 2.05) is 53.3 Å². The van der Waals surface area contributed by atoms with Gasteiger partial charge in [0.05, 0.1) is 12.6 Å². The van der Waals surface area contributed by atoms with Crippen LogP contribution >= 0.6 is 0 Å². The zero-order chi connectivity index (χ0) is 17.2. The molecule has 0 saturated carbocycles. The van der Waals surface area contributed by atoms with E-state index in [0.29, 0.717) is 17.9 Å². The number of aromatic nitrogens is 2. The van der Waals surface area contributed by atoms with Gasteiger partial charge in [-0.15, -0.1) is 0 Å². The Labute approximate surface area is 145 Å². The van der Waals surface area contributed by atoms with Crippen molar-refractivity contribution in [1.82, 2.24) is 15.1 Å². The van der Waals surface area contributed by atoms with Crippen molar-refractivity contribution in [3.8, 4) is 5.75 Å². The highest BCUT2D eigenvalue weighted by Crippen LogP contribution is 2.36. The Balaban J connectivity index is 1.45. The maximum absolute atomic E-state index is 12.5. The number of carbonyl (C=O) groups is 1. The molecule has 0 saturated heterocycles. The number of carbonyl (C=O) groups excluding carboxylic acids is 1. The largest absolute Gasteiger partial charge is 0.508 e. The minimum atomic E-state index is -0.0909. The molecule has 5 heteroatoms. The van der Waals surface area contributed by atoms with Gasteiger partial charge in [-0.3, -0.25) is 9.48 Å². The third kappa shape index (κ3) is 3.13. The van der Waals surface area contributed by atoms with Crippen LogP contribution in [0.25, 0.3) is 0 Å². The average Bonchev–Trinajstić information content (AvgIpc) is 3.27. The minimum Gasteiger partial charge on any atom is -0.508 e. The molecule has 4 rings (SSSR count). The number of nitrogens with zero attached hydrogens (tertiary/aromatic N) is 2. The second-order valence-corrected chi connectivity index (χ2v) is 6.31. The molecule has 2 aromatic carbocycles. The summed E-state index contributed by atoms with van der Waals surface area (Å²) in [6, 6.07) is 14.9. The van der Waals surface area contributed by atoms with Gasteiger partial charge in [0.15, 0.2) is 0 Å². The number of nitrogens with one attached hydrogen (secondary N) is 1. The van der Waals surface area contributed by atoms with E-state index in [1.54, 1.807) is 12.3 Å². The Morgan fingerprint density at radius 1 is 1.20 bits per heavy atom. The predicted molar refractivity (Wildman–Crippen MR) is 94.4 cm³/mol. The summed E-state index contributed by atoms with van der Waals surface area (Å²) in [5.41, 5.74) is 3.69. The van der Waals surface area contributed by atoms with Crippen molar-refractivity contribution in [2.45, 2.75) is 25.4 Å². The number of phenolic OH excluding ortho intramolecular Hbond substituents is 1. The number of hydrogen-bond acceptors (Lipinski definition) is 3. The summed E-state index contributed by atoms with van der Waals surface area (Å²) in [5, 5.41) is 17.2. The molecule has 0 bridgehead atoms. The fourth-order valence-corrected chi connectivity index (χ4v) is 3.37. The fraction of sp³-hybridized carbons (Fsp3) is 0.200. The lowest BCUT2D eigenvalue weighted by Crippen LogP contribution is -2.27. The number of amides is 1. The van der Waals surface area contributed by atoms with Crippen molar-refractivity contribution in [3.63, 3.8) is 0 Å². The maximum atomic E-state index is 12.5. The highest BCUT2D eigenvalue weighted by atomic mass is 16.3. The van der Waals surface area contributed by atoms with Crippen LogP contribution in [0.3, 0.4) is 0 Å². The molecule has 1 aliphatic carbocycles. The van der Waals surface area contributed by atoms with Crippen LogP contribution < -0.4 is 5.32 Å². The van der Waals surface area contributed by atoms with E-state index in [0.717, 1.165) is 29.5 Å². The summed E-state index contributed by atoms with van der Waals surface area (Å²) in [7, 11) is 0. The zero-order valence-corrected chi connectivity index (χ0v) is 13.7. The van der Waals surface area contributed by atoms with Crippen LogP contribution in [0.15, 0.2) is 60.9 Å². The second-order valence-electron chi connectivity index (χ2n) is 6.31. The van der Waals surface area contributed by atoms with Crippen LogP contribution in [-0.4, -0.2) is 20.8 Å². The quantitative estimate of drug-likeness (QED) is 0.771. The third-order valence-electron chi connectivity index (χ3n) is 4.67. The van der Waals surface area contributed by atoms with E-state index in [-0.39, 0.29) is 11.9 Å². The molecule has 1 amide bonds. The summed E-state index contributed by atoms with van der Waals surface area (Å²) in [5.74, 6) is 0.226. The Morgan fingerprint density at radius 3 is 2.80 bits per heavy atom. The van der Waals surface area contributed by atoms with E-state index < -0.39 is 0 Å². The van der Waals surface area contributed by atoms with Gasteiger partial charge in [-0.25, -0.2) is 0 Å². The molecule has 3 aromatic rings. The van der Waals surface area contributed by atoms with Crippen molar-refractivity contribution in [2.75, 3.05) is 0 Å². The molecule has 0 aliphatic heterocycles. The molecule has 0 radical (unpaired) electrons. The van der Waals surface area contributed by atoms with Crippen LogP contribution in [-0.2, 0) is 13.0 Å². The van der Waals surface area contributed by atoms with Crippen LogP contribution in [0, 0.1) is 0 Å². The van der Waals surface area contributed by atoms with Crippen LogP contribution in [0.1, 0.15) is 39.5 Å². The van der Waals surface area contributed by atoms with Gasteiger partial charge >= 0.3 is 0 Å². The number of benzene rings is 2. The number of aromatic hydroxyl groups is 1. The summed E-state index contributed by atoms with van der Waals surface area (Å²) in [6.07, 6.45) is 5.26. The Hall–Kier alpha value is -3.08. The first kappa shape index (κ1) is 15.4. The molecule has 0 spiro atoms. The van der Waals surface area contributed by atoms with Crippen LogP contribution in [0.2, 0.25) is 0 Å². The van der Waals surface area contributed by atoms with Gasteiger partial charge in [0.1, 0.15) is 5.75 Å². The van der Waals surface area contributed by atoms with Crippen LogP contribution in [0.4, 0.5) is 0 Å². The van der Waals surface area contributed by atoms with Gasteiger partial charge < -0.3 is 10.4 Å². The van der Waals surface area contributed by atoms with E-state index in [2.05, 4.69) is 10.4 Å². The lowest BCUT2D eigenvalue weighted by molar-refractivity contribution is 0.0936. The average molecular weight is 333 g/mol. The van der Waals surface area contributed by atoms with Crippen molar-refractivity contribution >= 4 is 5.91 Å². The topological polar surface area (TPSA) is 67.2 Å². The standard InChI is InChI=1S/C20H19N3O2/c24-19-4-1-3-16-17(19)9-10-18(16)22-20(25)15-7-5-14(6-8-15)13-23-12-2-11-21-23/h1-8,11-12,18,24H,9-10,13H2,(H,22,25). The maximum Gasteiger partial charge on any atom is 0.251 e. The molecular formula is C20H19N3O2. The SMILES string of the molecule is O=C(NC1CCc2c(O)cccc21)c1ccc(Cn2cccn2)cc1. The number of rotatable bonds is 4. The lowest BCUT2D eigenvalue weighted by Gasteiger charge is -2.14. The third-order valence-corrected chi connectivity index (χ3v) is 4.67. The Kier molecular flexibility index (Phi) is 3.98. The van der Waals surface area contributed by atoms with Crippen molar-refractivity contribution < 1.29 is 9.90 Å². The molecule has 25 heavy (non-hydrogen) atoms. The molecule has 126 valence electrons. The fourth-order valence-electron chi connectivity index (χ4n) is 3.37. The first-order chi connectivity index (χ1) is 12.2. The second kappa shape index (κ2) is 6.43. The summed E-state index contributed by atoms with van der Waals surface area (Å²) in [4.78, 5) is 12.5. The normalized spacial score (nSPS) is 15.8. The highest BCUT2D eigenvalue weighted by Gasteiger charge is 2.26. The van der Waals surface area contributed by atoms with Gasteiger partial charge in [0.25, 0.3) is 5.91 Å². The van der Waals surface area contributed by atoms with E-state index in [9.17, 15) is 9.90 Å². The highest BCUT2D eigenvalue weighted by molar-refractivity contribution is 5.94. The summed E-state index contributed by atoms with van der Waals surface area (Å²) in [6.45, 7) is 0.685. The Bertz CT molecular complexity index is 886. The van der Waals surface area contributed by atoms with Gasteiger partial charge in [0, 0.05) is 18.0 Å². The Morgan fingerprint density at radius 2 is 2.04 bits per heavy atom. The predicted octanol–water partition coefficient (Wildman–Crippen LogP) is 3.05. The van der Waals surface area contributed by atoms with Crippen molar-refractivity contribution in [2.24, 2.45) is 0 Å². The summed E-state index contributed by atoms with van der Waals surface area (Å²) < 4.78 is 1.84. The molecule has 1 aromatic heterocycles. The molecule has 1 atom stereocenters. The molecule has 1 heterocycles. The molecule has 0 fully saturated rings. The minimum absolute atomic E-state index is 0.0432. The number of fused-ring (bicyclic) bond motifs is 1. The number of phenols is 1. The van der Waals surface area contributed by atoms with Crippen LogP contribution in [0.5, 0.6) is 5.75 Å². The van der Waals surface area contributed by atoms with Gasteiger partial charge in [-0.2, -0.15) is 5.10 Å². The molecule has 2 N–H and O–H groups in total. The van der Waals surface area contributed by atoms with Gasteiger partial charge in [-0.1, -0.05) is 24.3 Å². The summed E-state index contributed by atoms with van der Waals surface area (Å²) >= 11 is 0. The monoisotopic (exact) mass is 333 g/mol. The van der Waals surface area contributed by atoms with E-state index >= 15 is 0 Å². The van der Waals surface area contributed by atoms with Crippen molar-refractivity contribution in [1.29, 1.82) is 0 Å². The molecule has 1 aliphatic rings.